The Bertz CT molecular complexity index is 1290. The fraction of sp³-hybridized carbons (Fsp3) is 0.0625. The van der Waals surface area contributed by atoms with Crippen LogP contribution in [0.3, 0.4) is 0 Å². The molecule has 2 N–H and O–H groups in total. The van der Waals surface area contributed by atoms with Gasteiger partial charge in [0, 0.05) is 6.07 Å². The molecule has 0 aliphatic carbocycles. The second-order valence-electron chi connectivity index (χ2n) is 5.52. The van der Waals surface area contributed by atoms with Crippen molar-refractivity contribution in [2.45, 2.75) is 10.1 Å². The highest BCUT2D eigenvalue weighted by Gasteiger charge is 2.17. The van der Waals surface area contributed by atoms with Crippen molar-refractivity contribution in [1.82, 2.24) is 19.7 Å². The van der Waals surface area contributed by atoms with E-state index < -0.39 is 15.8 Å². The number of hydrogen-bond acceptors (Lipinski definition) is 7. The molecule has 0 saturated carbocycles. The van der Waals surface area contributed by atoms with Crippen LogP contribution in [0.5, 0.6) is 0 Å². The van der Waals surface area contributed by atoms with Crippen LogP contribution in [-0.2, 0) is 10.0 Å². The molecule has 27 heavy (non-hydrogen) atoms. The lowest BCUT2D eigenvalue weighted by atomic mass is 10.3. The van der Waals surface area contributed by atoms with E-state index >= 15 is 0 Å². The molecule has 0 spiro atoms. The van der Waals surface area contributed by atoms with Crippen molar-refractivity contribution in [3.8, 4) is 5.69 Å². The molecule has 9 nitrogen and oxygen atoms in total. The quantitative estimate of drug-likeness (QED) is 0.490. The van der Waals surface area contributed by atoms with E-state index in [1.807, 2.05) is 12.3 Å². The van der Waals surface area contributed by atoms with Crippen molar-refractivity contribution in [3.05, 3.63) is 59.3 Å². The number of hydrogen-bond donors (Lipinski definition) is 2. The molecular weight excluding hydrogens is 390 g/mol. The molecule has 11 heteroatoms. The molecule has 2 heterocycles. The summed E-state index contributed by atoms with van der Waals surface area (Å²) < 4.78 is 34.6. The van der Waals surface area contributed by atoms with Gasteiger partial charge in [-0.3, -0.25) is 14.3 Å². The smallest absolute Gasteiger partial charge is 0.408 e. The maximum Gasteiger partial charge on any atom is 0.417 e. The maximum atomic E-state index is 12.7. The van der Waals surface area contributed by atoms with Gasteiger partial charge >= 0.3 is 5.76 Å². The number of nitrogens with one attached hydrogen (secondary N) is 2. The molecule has 0 bridgehead atoms. The van der Waals surface area contributed by atoms with E-state index in [1.54, 1.807) is 29.1 Å². The largest absolute Gasteiger partial charge is 0.417 e. The monoisotopic (exact) mass is 403 g/mol. The number of sulfonamides is 1. The summed E-state index contributed by atoms with van der Waals surface area (Å²) in [5.41, 5.74) is 1.70. The zero-order chi connectivity index (χ0) is 19.0. The van der Waals surface area contributed by atoms with Gasteiger partial charge in [0.1, 0.15) is 6.33 Å². The van der Waals surface area contributed by atoms with Crippen LogP contribution >= 0.6 is 11.8 Å². The Kier molecular flexibility index (Phi) is 4.24. The number of aromatic nitrogens is 4. The number of fused-ring (bicyclic) bond motifs is 1. The molecule has 2 aromatic carbocycles. The number of anilines is 1. The molecule has 0 aliphatic rings. The standard InChI is InChI=1S/C16H13N5O4S2/c1-26-15-19-17-9-21(15)11-4-2-3-10(7-11)20-27(23,24)12-5-6-13-14(8-12)25-16(22)18-13/h2-9,20H,1H3,(H,18,22). The number of rotatable bonds is 5. The lowest BCUT2D eigenvalue weighted by molar-refractivity contribution is 0.554. The predicted molar refractivity (Wildman–Crippen MR) is 101 cm³/mol. The minimum absolute atomic E-state index is 0.0164. The lowest BCUT2D eigenvalue weighted by Crippen LogP contribution is -2.13. The Morgan fingerprint density at radius 1 is 1.22 bits per heavy atom. The summed E-state index contributed by atoms with van der Waals surface area (Å²) in [7, 11) is -3.87. The van der Waals surface area contributed by atoms with E-state index in [-0.39, 0.29) is 10.5 Å². The summed E-state index contributed by atoms with van der Waals surface area (Å²) in [6.45, 7) is 0. The molecular formula is C16H13N5O4S2. The van der Waals surface area contributed by atoms with Gasteiger partial charge in [-0.15, -0.1) is 10.2 Å². The molecule has 2 aromatic heterocycles. The molecule has 138 valence electrons. The summed E-state index contributed by atoms with van der Waals surface area (Å²) in [6.07, 6.45) is 3.43. The average Bonchev–Trinajstić information content (AvgIpc) is 3.25. The van der Waals surface area contributed by atoms with Gasteiger partial charge in [0.15, 0.2) is 10.7 Å². The summed E-state index contributed by atoms with van der Waals surface area (Å²) in [5, 5.41) is 8.54. The summed E-state index contributed by atoms with van der Waals surface area (Å²) in [5.74, 6) is -0.640. The van der Waals surface area contributed by atoms with Crippen LogP contribution in [-0.4, -0.2) is 34.4 Å². The zero-order valence-corrected chi connectivity index (χ0v) is 15.5. The molecule has 4 rings (SSSR count). The third-order valence-electron chi connectivity index (χ3n) is 3.78. The number of benzene rings is 2. The Labute approximate surface area is 157 Å². The Balaban J connectivity index is 1.68. The van der Waals surface area contributed by atoms with Gasteiger partial charge in [-0.25, -0.2) is 13.2 Å². The predicted octanol–water partition coefficient (Wildman–Crippen LogP) is 2.22. The molecule has 0 aliphatic heterocycles. The minimum atomic E-state index is -3.87. The maximum absolute atomic E-state index is 12.7. The highest BCUT2D eigenvalue weighted by Crippen LogP contribution is 2.23. The second-order valence-corrected chi connectivity index (χ2v) is 7.97. The topological polar surface area (TPSA) is 123 Å². The van der Waals surface area contributed by atoms with E-state index in [9.17, 15) is 13.2 Å². The molecule has 4 aromatic rings. The van der Waals surface area contributed by atoms with E-state index in [0.717, 1.165) is 5.69 Å². The summed E-state index contributed by atoms with van der Waals surface area (Å²) >= 11 is 1.43. The Morgan fingerprint density at radius 3 is 2.89 bits per heavy atom. The van der Waals surface area contributed by atoms with Crippen molar-refractivity contribution in [2.24, 2.45) is 0 Å². The van der Waals surface area contributed by atoms with Gasteiger partial charge in [0.05, 0.1) is 21.8 Å². The van der Waals surface area contributed by atoms with Crippen LogP contribution in [0.1, 0.15) is 0 Å². The molecule has 0 unspecified atom stereocenters. The molecule has 0 saturated heterocycles. The van der Waals surface area contributed by atoms with Crippen LogP contribution in [0.4, 0.5) is 5.69 Å². The first kappa shape index (κ1) is 17.4. The number of thioether (sulfide) groups is 1. The average molecular weight is 403 g/mol. The van der Waals surface area contributed by atoms with Crippen molar-refractivity contribution in [3.63, 3.8) is 0 Å². The van der Waals surface area contributed by atoms with Gasteiger partial charge in [-0.2, -0.15) is 0 Å². The first-order valence-electron chi connectivity index (χ1n) is 7.66. The fourth-order valence-corrected chi connectivity index (χ4v) is 4.11. The normalized spacial score (nSPS) is 11.7. The number of H-pyrrole nitrogens is 1. The number of aromatic amines is 1. The van der Waals surface area contributed by atoms with Crippen molar-refractivity contribution in [1.29, 1.82) is 0 Å². The van der Waals surface area contributed by atoms with E-state index in [0.29, 0.717) is 16.4 Å². The fourth-order valence-electron chi connectivity index (χ4n) is 2.57. The third-order valence-corrected chi connectivity index (χ3v) is 5.80. The van der Waals surface area contributed by atoms with Crippen LogP contribution in [0, 0.1) is 0 Å². The van der Waals surface area contributed by atoms with Crippen molar-refractivity contribution >= 4 is 38.6 Å². The van der Waals surface area contributed by atoms with E-state index in [1.165, 1.54) is 30.0 Å². The van der Waals surface area contributed by atoms with Gasteiger partial charge < -0.3 is 4.42 Å². The number of oxazole rings is 1. The highest BCUT2D eigenvalue weighted by atomic mass is 32.2. The van der Waals surface area contributed by atoms with Crippen LogP contribution < -0.4 is 10.5 Å². The van der Waals surface area contributed by atoms with Crippen LogP contribution in [0.25, 0.3) is 16.8 Å². The zero-order valence-electron chi connectivity index (χ0n) is 13.9. The Morgan fingerprint density at radius 2 is 2.07 bits per heavy atom. The summed E-state index contributed by atoms with van der Waals surface area (Å²) in [4.78, 5) is 13.7. The van der Waals surface area contributed by atoms with Crippen LogP contribution in [0.2, 0.25) is 0 Å². The van der Waals surface area contributed by atoms with Gasteiger partial charge in [-0.1, -0.05) is 17.8 Å². The molecule has 0 atom stereocenters. The van der Waals surface area contributed by atoms with Crippen LogP contribution in [0.15, 0.2) is 68.1 Å². The minimum Gasteiger partial charge on any atom is -0.408 e. The van der Waals surface area contributed by atoms with Gasteiger partial charge in [0.2, 0.25) is 0 Å². The van der Waals surface area contributed by atoms with Crippen molar-refractivity contribution in [2.75, 3.05) is 11.0 Å². The van der Waals surface area contributed by atoms with E-state index in [2.05, 4.69) is 19.9 Å². The summed E-state index contributed by atoms with van der Waals surface area (Å²) in [6, 6.07) is 11.0. The SMILES string of the molecule is CSc1nncn1-c1cccc(NS(=O)(=O)c2ccc3[nH]c(=O)oc3c2)c1. The van der Waals surface area contributed by atoms with Gasteiger partial charge in [-0.05, 0) is 36.6 Å². The van der Waals surface area contributed by atoms with Gasteiger partial charge in [0.25, 0.3) is 10.0 Å². The first-order chi connectivity index (χ1) is 13.0. The molecule has 0 amide bonds. The molecule has 0 fully saturated rings. The third kappa shape index (κ3) is 3.34. The lowest BCUT2D eigenvalue weighted by Gasteiger charge is -2.10. The first-order valence-corrected chi connectivity index (χ1v) is 10.4. The second kappa shape index (κ2) is 6.59. The van der Waals surface area contributed by atoms with E-state index in [4.69, 9.17) is 4.42 Å². The molecule has 0 radical (unpaired) electrons. The Hall–Kier alpha value is -3.05. The highest BCUT2D eigenvalue weighted by molar-refractivity contribution is 7.98. The number of nitrogens with zero attached hydrogens (tertiary/aromatic N) is 3. The van der Waals surface area contributed by atoms with Crippen molar-refractivity contribution < 1.29 is 12.8 Å².